The molecule has 0 saturated carbocycles. The van der Waals surface area contributed by atoms with Crippen molar-refractivity contribution < 1.29 is 9.63 Å². The van der Waals surface area contributed by atoms with Gasteiger partial charge < -0.3 is 0 Å². The van der Waals surface area contributed by atoms with E-state index in [9.17, 15) is 4.79 Å². The number of carbonyl (C=O) groups is 1. The summed E-state index contributed by atoms with van der Waals surface area (Å²) in [6.07, 6.45) is 1.67. The van der Waals surface area contributed by atoms with E-state index in [0.717, 1.165) is 5.69 Å². The fourth-order valence-corrected chi connectivity index (χ4v) is 0.695. The van der Waals surface area contributed by atoms with Crippen molar-refractivity contribution in [3.8, 4) is 0 Å². The van der Waals surface area contributed by atoms with Crippen molar-refractivity contribution in [1.82, 2.24) is 10.5 Å². The van der Waals surface area contributed by atoms with E-state index in [1.807, 2.05) is 18.2 Å². The SMILES string of the molecule is CC(=O)NOCc1ccccn1. The molecule has 1 aromatic heterocycles. The van der Waals surface area contributed by atoms with Crippen molar-refractivity contribution in [2.24, 2.45) is 0 Å². The van der Waals surface area contributed by atoms with Gasteiger partial charge in [-0.05, 0) is 12.1 Å². The molecule has 0 aliphatic heterocycles. The number of carbonyl (C=O) groups excluding carboxylic acids is 1. The van der Waals surface area contributed by atoms with Crippen molar-refractivity contribution in [2.45, 2.75) is 13.5 Å². The lowest BCUT2D eigenvalue weighted by Crippen LogP contribution is -2.20. The number of amides is 1. The summed E-state index contributed by atoms with van der Waals surface area (Å²) in [7, 11) is 0. The molecule has 0 saturated heterocycles. The zero-order chi connectivity index (χ0) is 8.81. The van der Waals surface area contributed by atoms with E-state index in [0.29, 0.717) is 6.61 Å². The first-order chi connectivity index (χ1) is 5.79. The van der Waals surface area contributed by atoms with Gasteiger partial charge in [-0.3, -0.25) is 14.6 Å². The van der Waals surface area contributed by atoms with Crippen molar-refractivity contribution >= 4 is 5.91 Å². The summed E-state index contributed by atoms with van der Waals surface area (Å²) in [4.78, 5) is 19.2. The minimum absolute atomic E-state index is 0.217. The van der Waals surface area contributed by atoms with Gasteiger partial charge in [-0.25, -0.2) is 5.48 Å². The van der Waals surface area contributed by atoms with Crippen molar-refractivity contribution in [3.05, 3.63) is 30.1 Å². The molecule has 4 nitrogen and oxygen atoms in total. The van der Waals surface area contributed by atoms with Crippen LogP contribution in [0.25, 0.3) is 0 Å². The predicted molar refractivity (Wildman–Crippen MR) is 42.8 cm³/mol. The summed E-state index contributed by atoms with van der Waals surface area (Å²) in [5, 5.41) is 0. The second-order valence-corrected chi connectivity index (χ2v) is 2.27. The molecule has 0 atom stereocenters. The first-order valence-corrected chi connectivity index (χ1v) is 3.57. The minimum Gasteiger partial charge on any atom is -0.273 e. The Labute approximate surface area is 70.5 Å². The van der Waals surface area contributed by atoms with Crippen LogP contribution in [0.2, 0.25) is 0 Å². The molecule has 0 spiro atoms. The number of hydrogen-bond donors (Lipinski definition) is 1. The number of hydrogen-bond acceptors (Lipinski definition) is 3. The van der Waals surface area contributed by atoms with Crippen LogP contribution in [-0.4, -0.2) is 10.9 Å². The quantitative estimate of drug-likeness (QED) is 0.671. The van der Waals surface area contributed by atoms with Gasteiger partial charge in [0.15, 0.2) is 0 Å². The monoisotopic (exact) mass is 166 g/mol. The molecular formula is C8H10N2O2. The third kappa shape index (κ3) is 3.12. The number of aromatic nitrogens is 1. The summed E-state index contributed by atoms with van der Waals surface area (Å²) in [6, 6.07) is 5.50. The summed E-state index contributed by atoms with van der Waals surface area (Å²) < 4.78 is 0. The number of nitrogens with one attached hydrogen (secondary N) is 1. The molecule has 0 aliphatic carbocycles. The predicted octanol–water partition coefficient (Wildman–Crippen LogP) is 0.649. The van der Waals surface area contributed by atoms with Crippen molar-refractivity contribution in [3.63, 3.8) is 0 Å². The van der Waals surface area contributed by atoms with Crippen molar-refractivity contribution in [2.75, 3.05) is 0 Å². The van der Waals surface area contributed by atoms with Gasteiger partial charge >= 0.3 is 0 Å². The van der Waals surface area contributed by atoms with Gasteiger partial charge in [0.05, 0.1) is 5.69 Å². The second kappa shape index (κ2) is 4.46. The highest BCUT2D eigenvalue weighted by Gasteiger charge is 1.93. The zero-order valence-corrected chi connectivity index (χ0v) is 6.78. The van der Waals surface area contributed by atoms with Crippen LogP contribution in [0.1, 0.15) is 12.6 Å². The highest BCUT2D eigenvalue weighted by atomic mass is 16.6. The molecule has 0 unspecified atom stereocenters. The Kier molecular flexibility index (Phi) is 3.22. The Balaban J connectivity index is 2.29. The maximum atomic E-state index is 10.4. The topological polar surface area (TPSA) is 51.2 Å². The number of hydroxylamine groups is 1. The van der Waals surface area contributed by atoms with Gasteiger partial charge in [0, 0.05) is 13.1 Å². The third-order valence-electron chi connectivity index (χ3n) is 1.16. The van der Waals surface area contributed by atoms with Crippen LogP contribution in [0, 0.1) is 0 Å². The van der Waals surface area contributed by atoms with Gasteiger partial charge in [-0.1, -0.05) is 6.07 Å². The Morgan fingerprint density at radius 1 is 1.67 bits per heavy atom. The molecule has 12 heavy (non-hydrogen) atoms. The molecule has 64 valence electrons. The van der Waals surface area contributed by atoms with Crippen LogP contribution in [0.3, 0.4) is 0 Å². The Hall–Kier alpha value is -1.42. The van der Waals surface area contributed by atoms with Crippen LogP contribution >= 0.6 is 0 Å². The molecule has 1 heterocycles. The maximum absolute atomic E-state index is 10.4. The highest BCUT2D eigenvalue weighted by Crippen LogP contribution is 1.93. The smallest absolute Gasteiger partial charge is 0.240 e. The molecule has 0 bridgehead atoms. The second-order valence-electron chi connectivity index (χ2n) is 2.27. The molecule has 0 aliphatic rings. The average molecular weight is 166 g/mol. The van der Waals surface area contributed by atoms with Gasteiger partial charge in [0.25, 0.3) is 0 Å². The molecule has 4 heteroatoms. The first kappa shape index (κ1) is 8.67. The first-order valence-electron chi connectivity index (χ1n) is 3.57. The van der Waals surface area contributed by atoms with Crippen LogP contribution in [0.5, 0.6) is 0 Å². The van der Waals surface area contributed by atoms with Crippen LogP contribution in [0.15, 0.2) is 24.4 Å². The molecule has 1 N–H and O–H groups in total. The van der Waals surface area contributed by atoms with E-state index in [1.165, 1.54) is 6.92 Å². The zero-order valence-electron chi connectivity index (χ0n) is 6.78. The molecule has 0 radical (unpaired) electrons. The Morgan fingerprint density at radius 2 is 2.50 bits per heavy atom. The normalized spacial score (nSPS) is 9.42. The van der Waals surface area contributed by atoms with E-state index in [4.69, 9.17) is 4.84 Å². The largest absolute Gasteiger partial charge is 0.273 e. The van der Waals surface area contributed by atoms with Crippen LogP contribution < -0.4 is 5.48 Å². The lowest BCUT2D eigenvalue weighted by atomic mass is 10.4. The highest BCUT2D eigenvalue weighted by molar-refractivity contribution is 5.71. The molecular weight excluding hydrogens is 156 g/mol. The average Bonchev–Trinajstić information content (AvgIpc) is 2.05. The molecule has 1 rings (SSSR count). The van der Waals surface area contributed by atoms with Gasteiger partial charge in [0.1, 0.15) is 6.61 Å². The number of nitrogens with zero attached hydrogens (tertiary/aromatic N) is 1. The van der Waals surface area contributed by atoms with E-state index in [1.54, 1.807) is 6.20 Å². The fourth-order valence-electron chi connectivity index (χ4n) is 0.695. The van der Waals surface area contributed by atoms with Crippen LogP contribution in [0.4, 0.5) is 0 Å². The molecule has 0 aromatic carbocycles. The van der Waals surface area contributed by atoms with E-state index >= 15 is 0 Å². The van der Waals surface area contributed by atoms with Gasteiger partial charge in [-0.2, -0.15) is 0 Å². The van der Waals surface area contributed by atoms with Crippen LogP contribution in [-0.2, 0) is 16.2 Å². The minimum atomic E-state index is -0.217. The van der Waals surface area contributed by atoms with Crippen molar-refractivity contribution in [1.29, 1.82) is 0 Å². The van der Waals surface area contributed by atoms with Gasteiger partial charge in [-0.15, -0.1) is 0 Å². The summed E-state index contributed by atoms with van der Waals surface area (Å²) >= 11 is 0. The van der Waals surface area contributed by atoms with E-state index in [-0.39, 0.29) is 5.91 Å². The maximum Gasteiger partial charge on any atom is 0.240 e. The summed E-state index contributed by atoms with van der Waals surface area (Å²) in [5.41, 5.74) is 3.00. The summed E-state index contributed by atoms with van der Waals surface area (Å²) in [6.45, 7) is 1.68. The molecule has 1 aromatic rings. The standard InChI is InChI=1S/C8H10N2O2/c1-7(11)10-12-6-8-4-2-3-5-9-8/h2-5H,6H2,1H3,(H,10,11). The molecule has 0 fully saturated rings. The Bertz CT molecular complexity index is 248. The summed E-state index contributed by atoms with van der Waals surface area (Å²) in [5.74, 6) is -0.217. The van der Waals surface area contributed by atoms with E-state index in [2.05, 4.69) is 10.5 Å². The van der Waals surface area contributed by atoms with Gasteiger partial charge in [0.2, 0.25) is 5.91 Å². The lowest BCUT2D eigenvalue weighted by Gasteiger charge is -2.01. The molecule has 1 amide bonds. The lowest BCUT2D eigenvalue weighted by molar-refractivity contribution is -0.132. The Morgan fingerprint density at radius 3 is 3.08 bits per heavy atom. The number of pyridine rings is 1. The fraction of sp³-hybridized carbons (Fsp3) is 0.250. The third-order valence-corrected chi connectivity index (χ3v) is 1.16. The number of rotatable bonds is 3. The van der Waals surface area contributed by atoms with E-state index < -0.39 is 0 Å².